The number of benzene rings is 2. The summed E-state index contributed by atoms with van der Waals surface area (Å²) in [7, 11) is 0. The van der Waals surface area contributed by atoms with E-state index in [0.29, 0.717) is 12.0 Å². The Morgan fingerprint density at radius 3 is 2.43 bits per heavy atom. The molecule has 9 heteroatoms. The summed E-state index contributed by atoms with van der Waals surface area (Å²) in [6.07, 6.45) is -7.39. The minimum Gasteiger partial charge on any atom is -0.508 e. The van der Waals surface area contributed by atoms with Crippen molar-refractivity contribution in [1.82, 2.24) is 0 Å². The van der Waals surface area contributed by atoms with Crippen molar-refractivity contribution >= 4 is 5.97 Å². The van der Waals surface area contributed by atoms with Gasteiger partial charge in [0.25, 0.3) is 0 Å². The molecular weight excluding hydrogens is 396 g/mol. The minimum absolute atomic E-state index is 0.0889. The highest BCUT2D eigenvalue weighted by molar-refractivity contribution is 5.95. The molecule has 6 atom stereocenters. The number of aromatic hydroxyl groups is 1. The van der Waals surface area contributed by atoms with Crippen LogP contribution in [0.3, 0.4) is 0 Å². The number of fused-ring (bicyclic) bond motifs is 1. The highest BCUT2D eigenvalue weighted by Gasteiger charge is 2.45. The number of hydrogen-bond donors (Lipinski definition) is 5. The molecule has 0 aliphatic carbocycles. The Hall–Kier alpha value is -2.69. The normalized spacial score (nSPS) is 31.0. The average molecular weight is 418 g/mol. The van der Waals surface area contributed by atoms with E-state index in [2.05, 4.69) is 0 Å². The molecule has 0 spiro atoms. The first kappa shape index (κ1) is 20.6. The van der Waals surface area contributed by atoms with Gasteiger partial charge >= 0.3 is 5.97 Å². The molecule has 2 aliphatic heterocycles. The molecule has 1 saturated heterocycles. The number of carbonyl (C=O) groups excluding carboxylic acids is 1. The Balaban J connectivity index is 1.58. The van der Waals surface area contributed by atoms with Gasteiger partial charge in [-0.25, -0.2) is 4.79 Å². The maximum absolute atomic E-state index is 12.7. The van der Waals surface area contributed by atoms with Crippen molar-refractivity contribution in [3.05, 3.63) is 59.2 Å². The number of aliphatic hydroxyl groups excluding tert-OH is 4. The second-order valence-corrected chi connectivity index (χ2v) is 7.30. The molecule has 0 radical (unpaired) electrons. The summed E-state index contributed by atoms with van der Waals surface area (Å²) in [6, 6.07) is 11.3. The summed E-state index contributed by atoms with van der Waals surface area (Å²) in [5.41, 5.74) is 1.56. The van der Waals surface area contributed by atoms with Crippen LogP contribution in [0.2, 0.25) is 0 Å². The Morgan fingerprint density at radius 2 is 1.73 bits per heavy atom. The van der Waals surface area contributed by atoms with Crippen LogP contribution in [0.4, 0.5) is 0 Å². The van der Waals surface area contributed by atoms with E-state index in [1.807, 2.05) is 0 Å². The molecule has 30 heavy (non-hydrogen) atoms. The third-order valence-electron chi connectivity index (χ3n) is 5.33. The van der Waals surface area contributed by atoms with Crippen LogP contribution in [0.15, 0.2) is 42.5 Å². The highest BCUT2D eigenvalue weighted by atomic mass is 16.7. The van der Waals surface area contributed by atoms with Crippen LogP contribution in [-0.4, -0.2) is 68.8 Å². The van der Waals surface area contributed by atoms with Crippen LogP contribution in [0, 0.1) is 0 Å². The smallest absolute Gasteiger partial charge is 0.342 e. The van der Waals surface area contributed by atoms with Gasteiger partial charge in [-0.1, -0.05) is 24.3 Å². The van der Waals surface area contributed by atoms with Gasteiger partial charge < -0.3 is 39.7 Å². The van der Waals surface area contributed by atoms with Crippen LogP contribution in [-0.2, 0) is 15.9 Å². The molecule has 160 valence electrons. The van der Waals surface area contributed by atoms with Crippen molar-refractivity contribution in [3.63, 3.8) is 0 Å². The summed E-state index contributed by atoms with van der Waals surface area (Å²) in [5.74, 6) is -0.433. The zero-order chi connectivity index (χ0) is 21.4. The second-order valence-electron chi connectivity index (χ2n) is 7.30. The van der Waals surface area contributed by atoms with Crippen LogP contribution in [0.5, 0.6) is 11.5 Å². The molecule has 0 saturated carbocycles. The quantitative estimate of drug-likeness (QED) is 0.434. The van der Waals surface area contributed by atoms with Crippen LogP contribution in [0.1, 0.15) is 27.6 Å². The topological polar surface area (TPSA) is 146 Å². The number of hydrogen-bond acceptors (Lipinski definition) is 9. The summed E-state index contributed by atoms with van der Waals surface area (Å²) in [6.45, 7) is -0.589. The second kappa shape index (κ2) is 8.21. The van der Waals surface area contributed by atoms with Gasteiger partial charge in [0, 0.05) is 6.42 Å². The molecule has 9 nitrogen and oxygen atoms in total. The highest BCUT2D eigenvalue weighted by Crippen LogP contribution is 2.36. The summed E-state index contributed by atoms with van der Waals surface area (Å²) in [5, 5.41) is 48.8. The Bertz CT molecular complexity index is 911. The molecule has 0 bridgehead atoms. The van der Waals surface area contributed by atoms with Crippen LogP contribution in [0.25, 0.3) is 0 Å². The lowest BCUT2D eigenvalue weighted by Crippen LogP contribution is -2.60. The number of ether oxygens (including phenoxy) is 3. The molecule has 5 N–H and O–H groups in total. The molecule has 2 aliphatic rings. The molecule has 4 rings (SSSR count). The standard InChI is InChI=1S/C21H22O9/c22-9-15-17(24)18(25)19(26)21(30-15)29-13-3-1-2-11-8-14(28-20(27)16(11)13)10-4-6-12(23)7-5-10/h1-7,14-15,17-19,21-26H,8-9H2/t14-,15+,17+,18-,19+,21+/m0/s1. The molecule has 2 heterocycles. The van der Waals surface area contributed by atoms with Gasteiger partial charge in [0.1, 0.15) is 47.6 Å². The first-order valence-corrected chi connectivity index (χ1v) is 9.48. The Labute approximate surface area is 171 Å². The minimum atomic E-state index is -1.59. The lowest BCUT2D eigenvalue weighted by atomic mass is 9.94. The zero-order valence-electron chi connectivity index (χ0n) is 15.8. The summed E-state index contributed by atoms with van der Waals surface area (Å²) < 4.78 is 16.6. The first-order chi connectivity index (χ1) is 14.4. The number of carbonyl (C=O) groups is 1. The first-order valence-electron chi connectivity index (χ1n) is 9.48. The number of esters is 1. The van der Waals surface area contributed by atoms with Gasteiger partial charge in [-0.2, -0.15) is 0 Å². The van der Waals surface area contributed by atoms with E-state index in [1.165, 1.54) is 18.2 Å². The van der Waals surface area contributed by atoms with E-state index in [9.17, 15) is 30.3 Å². The summed E-state index contributed by atoms with van der Waals surface area (Å²) in [4.78, 5) is 12.7. The monoisotopic (exact) mass is 418 g/mol. The summed E-state index contributed by atoms with van der Waals surface area (Å²) >= 11 is 0. The average Bonchev–Trinajstić information content (AvgIpc) is 2.74. The van der Waals surface area contributed by atoms with Crippen molar-refractivity contribution in [3.8, 4) is 11.5 Å². The van der Waals surface area contributed by atoms with E-state index in [1.54, 1.807) is 24.3 Å². The van der Waals surface area contributed by atoms with E-state index < -0.39 is 49.4 Å². The number of aliphatic hydroxyl groups is 4. The third-order valence-corrected chi connectivity index (χ3v) is 5.33. The fourth-order valence-corrected chi connectivity index (χ4v) is 3.67. The molecule has 2 aromatic rings. The van der Waals surface area contributed by atoms with Gasteiger partial charge in [0.2, 0.25) is 6.29 Å². The number of cyclic esters (lactones) is 1. The lowest BCUT2D eigenvalue weighted by molar-refractivity contribution is -0.277. The fourth-order valence-electron chi connectivity index (χ4n) is 3.67. The lowest BCUT2D eigenvalue weighted by Gasteiger charge is -2.40. The molecule has 0 aromatic heterocycles. The Morgan fingerprint density at radius 1 is 1.00 bits per heavy atom. The van der Waals surface area contributed by atoms with E-state index >= 15 is 0 Å². The van der Waals surface area contributed by atoms with Gasteiger partial charge in [-0.3, -0.25) is 0 Å². The van der Waals surface area contributed by atoms with Gasteiger partial charge in [0.15, 0.2) is 0 Å². The number of rotatable bonds is 4. The Kier molecular flexibility index (Phi) is 5.63. The molecular formula is C21H22O9. The number of phenols is 1. The van der Waals surface area contributed by atoms with E-state index in [4.69, 9.17) is 14.2 Å². The van der Waals surface area contributed by atoms with Crippen molar-refractivity contribution in [2.45, 2.75) is 43.2 Å². The zero-order valence-corrected chi connectivity index (χ0v) is 15.8. The predicted molar refractivity (Wildman–Crippen MR) is 101 cm³/mol. The number of phenolic OH excluding ortho intramolecular Hbond substituents is 1. The molecule has 1 fully saturated rings. The SMILES string of the molecule is O=C1O[C@H](c2ccc(O)cc2)Cc2cccc(O[C@@H]3O[C@H](CO)[C@@H](O)[C@H](O)[C@H]3O)c21. The molecule has 0 amide bonds. The molecule has 0 unspecified atom stereocenters. The van der Waals surface area contributed by atoms with Gasteiger partial charge in [0.05, 0.1) is 6.61 Å². The maximum atomic E-state index is 12.7. The predicted octanol–water partition coefficient (Wildman–Crippen LogP) is 0.0251. The van der Waals surface area contributed by atoms with E-state index in [-0.39, 0.29) is 17.1 Å². The van der Waals surface area contributed by atoms with Crippen LogP contribution >= 0.6 is 0 Å². The van der Waals surface area contributed by atoms with Crippen LogP contribution < -0.4 is 4.74 Å². The fraction of sp³-hybridized carbons (Fsp3) is 0.381. The van der Waals surface area contributed by atoms with Crippen molar-refractivity contribution in [2.24, 2.45) is 0 Å². The van der Waals surface area contributed by atoms with Gasteiger partial charge in [-0.15, -0.1) is 0 Å². The third kappa shape index (κ3) is 3.73. The van der Waals surface area contributed by atoms with Gasteiger partial charge in [-0.05, 0) is 29.3 Å². The van der Waals surface area contributed by atoms with E-state index in [0.717, 1.165) is 5.56 Å². The molecule has 2 aromatic carbocycles. The largest absolute Gasteiger partial charge is 0.508 e. The van der Waals surface area contributed by atoms with Crippen molar-refractivity contribution in [1.29, 1.82) is 0 Å². The maximum Gasteiger partial charge on any atom is 0.342 e. The van der Waals surface area contributed by atoms with Crippen molar-refractivity contribution in [2.75, 3.05) is 6.61 Å². The van der Waals surface area contributed by atoms with Crippen molar-refractivity contribution < 1.29 is 44.5 Å².